The molecule has 1 aliphatic rings. The molecular weight excluding hydrogens is 803 g/mol. The van der Waals surface area contributed by atoms with E-state index in [1.165, 1.54) is 135 Å². The second-order valence-electron chi connectivity index (χ2n) is 17.3. The van der Waals surface area contributed by atoms with E-state index in [4.69, 9.17) is 18.5 Å². The van der Waals surface area contributed by atoms with Crippen LogP contribution in [0.2, 0.25) is 0 Å². The average Bonchev–Trinajstić information content (AvgIpc) is 3.24. The molecule has 0 saturated heterocycles. The number of carbonyl (C=O) groups is 2. The number of aliphatic hydroxyl groups excluding tert-OH is 5. The highest BCUT2D eigenvalue weighted by Gasteiger charge is 2.51. The van der Waals surface area contributed by atoms with E-state index in [0.717, 1.165) is 44.9 Å². The van der Waals surface area contributed by atoms with E-state index in [2.05, 4.69) is 26.0 Å². The Morgan fingerprint density at radius 2 is 0.836 bits per heavy atom. The van der Waals surface area contributed by atoms with Crippen LogP contribution in [0.5, 0.6) is 0 Å². The van der Waals surface area contributed by atoms with Gasteiger partial charge in [-0.05, 0) is 38.5 Å². The summed E-state index contributed by atoms with van der Waals surface area (Å²) < 4.78 is 33.6. The maximum atomic E-state index is 12.8. The molecule has 61 heavy (non-hydrogen) atoms. The van der Waals surface area contributed by atoms with Crippen LogP contribution < -0.4 is 0 Å². The van der Waals surface area contributed by atoms with Crippen LogP contribution in [0.25, 0.3) is 0 Å². The van der Waals surface area contributed by atoms with Crippen molar-refractivity contribution in [3.05, 3.63) is 12.2 Å². The normalized spacial score (nSPS) is 22.0. The second kappa shape index (κ2) is 37.9. The first-order valence-corrected chi connectivity index (χ1v) is 26.0. The van der Waals surface area contributed by atoms with E-state index in [9.17, 15) is 44.6 Å². The number of phosphoric acid groups is 1. The summed E-state index contributed by atoms with van der Waals surface area (Å²) in [5, 5.41) is 50.2. The van der Waals surface area contributed by atoms with Crippen molar-refractivity contribution in [2.75, 3.05) is 13.2 Å². The Bertz CT molecular complexity index is 1120. The van der Waals surface area contributed by atoms with Crippen LogP contribution in [0, 0.1) is 0 Å². The smallest absolute Gasteiger partial charge is 0.462 e. The molecular formula is C47H89O13P. The number of aliphatic hydroxyl groups is 5. The third-order valence-corrected chi connectivity index (χ3v) is 12.6. The third-order valence-electron chi connectivity index (χ3n) is 11.6. The SMILES string of the molecule is CCCCCCCCCC/C=C/CCCCCC(=O)OC[C@H](COP(=O)(O)OC1C(O)C(O)C(O)[C@H](O)C1O)OC(=O)CCCCCCCCCCCCCCCCCCC. The Morgan fingerprint density at radius 1 is 0.492 bits per heavy atom. The molecule has 8 atom stereocenters. The minimum Gasteiger partial charge on any atom is -0.462 e. The van der Waals surface area contributed by atoms with E-state index in [-0.39, 0.29) is 12.8 Å². The monoisotopic (exact) mass is 893 g/mol. The quantitative estimate of drug-likeness (QED) is 0.0146. The highest BCUT2D eigenvalue weighted by Crippen LogP contribution is 2.47. The molecule has 0 aromatic rings. The van der Waals surface area contributed by atoms with Gasteiger partial charge in [0, 0.05) is 12.8 Å². The van der Waals surface area contributed by atoms with Gasteiger partial charge in [-0.3, -0.25) is 18.6 Å². The summed E-state index contributed by atoms with van der Waals surface area (Å²) in [5.74, 6) is -1.11. The highest BCUT2D eigenvalue weighted by molar-refractivity contribution is 7.47. The lowest BCUT2D eigenvalue weighted by Crippen LogP contribution is -2.64. The first-order chi connectivity index (χ1) is 29.4. The number of ether oxygens (including phenoxy) is 2. The minimum atomic E-state index is -5.12. The Morgan fingerprint density at radius 3 is 1.26 bits per heavy atom. The number of esters is 2. The molecule has 6 unspecified atom stereocenters. The van der Waals surface area contributed by atoms with Gasteiger partial charge < -0.3 is 39.9 Å². The first-order valence-electron chi connectivity index (χ1n) is 24.5. The molecule has 1 rings (SSSR count). The maximum absolute atomic E-state index is 12.8. The van der Waals surface area contributed by atoms with Crippen LogP contribution in [0.15, 0.2) is 12.2 Å². The van der Waals surface area contributed by atoms with Crippen LogP contribution in [-0.4, -0.2) is 98.3 Å². The Balaban J connectivity index is 2.43. The third kappa shape index (κ3) is 30.4. The van der Waals surface area contributed by atoms with Gasteiger partial charge in [0.15, 0.2) is 6.10 Å². The van der Waals surface area contributed by atoms with Crippen molar-refractivity contribution < 1.29 is 63.1 Å². The average molecular weight is 893 g/mol. The zero-order valence-corrected chi connectivity index (χ0v) is 39.1. The summed E-state index contributed by atoms with van der Waals surface area (Å²) >= 11 is 0. The summed E-state index contributed by atoms with van der Waals surface area (Å²) in [6.45, 7) is 3.31. The van der Waals surface area contributed by atoms with E-state index < -0.39 is 75.7 Å². The van der Waals surface area contributed by atoms with Crippen LogP contribution in [-0.2, 0) is 32.7 Å². The largest absolute Gasteiger partial charge is 0.472 e. The number of unbranched alkanes of at least 4 members (excludes halogenated alkanes) is 27. The lowest BCUT2D eigenvalue weighted by atomic mass is 9.85. The summed E-state index contributed by atoms with van der Waals surface area (Å²) in [6.07, 6.45) is 26.9. The Labute approximate surface area is 369 Å². The molecule has 1 fully saturated rings. The topological polar surface area (TPSA) is 210 Å². The summed E-state index contributed by atoms with van der Waals surface area (Å²) in [4.78, 5) is 35.7. The molecule has 0 aromatic heterocycles. The molecule has 14 heteroatoms. The molecule has 0 radical (unpaired) electrons. The number of allylic oxidation sites excluding steroid dienone is 2. The van der Waals surface area contributed by atoms with E-state index in [0.29, 0.717) is 12.8 Å². The Kier molecular flexibility index (Phi) is 35.8. The number of rotatable bonds is 41. The van der Waals surface area contributed by atoms with E-state index >= 15 is 0 Å². The molecule has 0 bridgehead atoms. The highest BCUT2D eigenvalue weighted by atomic mass is 31.2. The summed E-state index contributed by atoms with van der Waals surface area (Å²) in [7, 11) is -5.12. The molecule has 0 spiro atoms. The van der Waals surface area contributed by atoms with Crippen LogP contribution in [0.3, 0.4) is 0 Å². The molecule has 0 aliphatic heterocycles. The van der Waals surface area contributed by atoms with Gasteiger partial charge in [0.25, 0.3) is 0 Å². The van der Waals surface area contributed by atoms with Crippen molar-refractivity contribution in [2.45, 2.75) is 262 Å². The molecule has 0 aromatic carbocycles. The zero-order valence-electron chi connectivity index (χ0n) is 38.2. The van der Waals surface area contributed by atoms with Crippen molar-refractivity contribution >= 4 is 19.8 Å². The fourth-order valence-corrected chi connectivity index (χ4v) is 8.61. The number of hydrogen-bond donors (Lipinski definition) is 6. The number of carbonyl (C=O) groups excluding carboxylic acids is 2. The molecule has 360 valence electrons. The van der Waals surface area contributed by atoms with Crippen molar-refractivity contribution in [2.24, 2.45) is 0 Å². The molecule has 1 saturated carbocycles. The van der Waals surface area contributed by atoms with Gasteiger partial charge in [-0.2, -0.15) is 0 Å². The fourth-order valence-electron chi connectivity index (χ4n) is 7.64. The number of phosphoric ester groups is 1. The standard InChI is InChI=1S/C47H89O13P/c1-3-5-7-9-11-13-15-17-19-20-22-24-26-28-30-32-34-36-41(49)59-39(38-58-61(55,56)60-47-45(53)43(51)42(50)44(52)46(47)54)37-57-40(48)35-33-31-29-27-25-23-21-18-16-14-12-10-8-6-4-2/h23,25,39,42-47,50-54H,3-22,24,26-38H2,1-2H3,(H,55,56)/b25-23+/t39-,42?,43+,44?,45?,46?,47?/m1/s1. The maximum Gasteiger partial charge on any atom is 0.472 e. The van der Waals surface area contributed by atoms with Crippen molar-refractivity contribution in [1.82, 2.24) is 0 Å². The van der Waals surface area contributed by atoms with Gasteiger partial charge in [-0.25, -0.2) is 4.57 Å². The van der Waals surface area contributed by atoms with E-state index in [1.807, 2.05) is 0 Å². The van der Waals surface area contributed by atoms with Gasteiger partial charge in [0.05, 0.1) is 6.61 Å². The first kappa shape index (κ1) is 57.6. The lowest BCUT2D eigenvalue weighted by molar-refractivity contribution is -0.220. The Hall–Kier alpha value is -1.41. The molecule has 0 amide bonds. The van der Waals surface area contributed by atoms with Crippen LogP contribution >= 0.6 is 7.82 Å². The second-order valence-corrected chi connectivity index (χ2v) is 18.7. The van der Waals surface area contributed by atoms with E-state index in [1.54, 1.807) is 0 Å². The lowest BCUT2D eigenvalue weighted by Gasteiger charge is -2.41. The predicted molar refractivity (Wildman–Crippen MR) is 240 cm³/mol. The molecule has 6 N–H and O–H groups in total. The predicted octanol–water partition coefficient (Wildman–Crippen LogP) is 9.84. The molecule has 1 aliphatic carbocycles. The summed E-state index contributed by atoms with van der Waals surface area (Å²) in [5.41, 5.74) is 0. The minimum absolute atomic E-state index is 0.0997. The summed E-state index contributed by atoms with van der Waals surface area (Å²) in [6, 6.07) is 0. The fraction of sp³-hybridized carbons (Fsp3) is 0.915. The number of hydrogen-bond acceptors (Lipinski definition) is 12. The van der Waals surface area contributed by atoms with Crippen LogP contribution in [0.1, 0.15) is 219 Å². The molecule has 0 heterocycles. The zero-order chi connectivity index (χ0) is 45.0. The van der Waals surface area contributed by atoms with Crippen LogP contribution in [0.4, 0.5) is 0 Å². The van der Waals surface area contributed by atoms with Crippen molar-refractivity contribution in [1.29, 1.82) is 0 Å². The van der Waals surface area contributed by atoms with Gasteiger partial charge in [-0.1, -0.05) is 180 Å². The molecule has 13 nitrogen and oxygen atoms in total. The van der Waals surface area contributed by atoms with Gasteiger partial charge in [-0.15, -0.1) is 0 Å². The van der Waals surface area contributed by atoms with Gasteiger partial charge >= 0.3 is 19.8 Å². The van der Waals surface area contributed by atoms with Crippen molar-refractivity contribution in [3.8, 4) is 0 Å². The van der Waals surface area contributed by atoms with Gasteiger partial charge in [0.2, 0.25) is 0 Å². The van der Waals surface area contributed by atoms with Gasteiger partial charge in [0.1, 0.15) is 43.2 Å². The van der Waals surface area contributed by atoms with Crippen molar-refractivity contribution in [3.63, 3.8) is 0 Å².